The summed E-state index contributed by atoms with van der Waals surface area (Å²) in [5.41, 5.74) is 2.35. The molecule has 0 aliphatic heterocycles. The molecule has 0 bridgehead atoms. The third kappa shape index (κ3) is 7.32. The van der Waals surface area contributed by atoms with Gasteiger partial charge in [0.2, 0.25) is 21.8 Å². The lowest BCUT2D eigenvalue weighted by Gasteiger charge is -2.32. The Balaban J connectivity index is 2.37. The molecular formula is C25H35N3O4S. The van der Waals surface area contributed by atoms with Crippen LogP contribution in [0.3, 0.4) is 0 Å². The van der Waals surface area contributed by atoms with E-state index in [1.807, 2.05) is 63.2 Å². The van der Waals surface area contributed by atoms with Crippen LogP contribution >= 0.6 is 0 Å². The number of rotatable bonds is 11. The molecule has 0 spiro atoms. The van der Waals surface area contributed by atoms with E-state index in [-0.39, 0.29) is 18.4 Å². The van der Waals surface area contributed by atoms with Gasteiger partial charge in [-0.15, -0.1) is 0 Å². The van der Waals surface area contributed by atoms with Crippen molar-refractivity contribution in [3.63, 3.8) is 0 Å². The van der Waals surface area contributed by atoms with Crippen molar-refractivity contribution >= 4 is 27.5 Å². The first-order chi connectivity index (χ1) is 15.6. The van der Waals surface area contributed by atoms with E-state index in [1.54, 1.807) is 19.1 Å². The van der Waals surface area contributed by atoms with E-state index < -0.39 is 22.0 Å². The summed E-state index contributed by atoms with van der Waals surface area (Å²) in [5.74, 6) is -0.620. The summed E-state index contributed by atoms with van der Waals surface area (Å²) in [4.78, 5) is 27.5. The van der Waals surface area contributed by atoms with Gasteiger partial charge >= 0.3 is 0 Å². The largest absolute Gasteiger partial charge is 0.355 e. The standard InChI is InChI=1S/C25H35N3O4S/c1-6-26-25(30)20(4)27(17-16-21-12-8-7-9-13-21)24(29)18-28(33(5,31)32)23-15-11-10-14-22(23)19(2)3/h7-15,19-20H,6,16-18H2,1-5H3,(H,26,30)/t20-/m1/s1. The van der Waals surface area contributed by atoms with Gasteiger partial charge in [0.25, 0.3) is 0 Å². The molecule has 1 atom stereocenters. The summed E-state index contributed by atoms with van der Waals surface area (Å²) < 4.78 is 26.6. The number of nitrogens with one attached hydrogen (secondary N) is 1. The van der Waals surface area contributed by atoms with Gasteiger partial charge in [-0.1, -0.05) is 62.4 Å². The smallest absolute Gasteiger partial charge is 0.244 e. The fourth-order valence-electron chi connectivity index (χ4n) is 3.69. The third-order valence-electron chi connectivity index (χ3n) is 5.51. The number of benzene rings is 2. The van der Waals surface area contributed by atoms with E-state index >= 15 is 0 Å². The fraction of sp³-hybridized carbons (Fsp3) is 0.440. The summed E-state index contributed by atoms with van der Waals surface area (Å²) in [6.07, 6.45) is 1.65. The number of amides is 2. The highest BCUT2D eigenvalue weighted by atomic mass is 32.2. The van der Waals surface area contributed by atoms with E-state index in [1.165, 1.54) is 4.90 Å². The van der Waals surface area contributed by atoms with Gasteiger partial charge in [0, 0.05) is 13.1 Å². The lowest BCUT2D eigenvalue weighted by Crippen LogP contribution is -2.52. The summed E-state index contributed by atoms with van der Waals surface area (Å²) in [5, 5.41) is 2.75. The minimum atomic E-state index is -3.74. The van der Waals surface area contributed by atoms with Gasteiger partial charge in [-0.3, -0.25) is 13.9 Å². The average molecular weight is 474 g/mol. The number of likely N-dealkylation sites (N-methyl/N-ethyl adjacent to an activating group) is 1. The Morgan fingerprint density at radius 3 is 2.15 bits per heavy atom. The normalized spacial score (nSPS) is 12.3. The molecule has 0 aliphatic rings. The lowest BCUT2D eigenvalue weighted by molar-refractivity contribution is -0.138. The number of hydrogen-bond donors (Lipinski definition) is 1. The van der Waals surface area contributed by atoms with Gasteiger partial charge in [0.1, 0.15) is 12.6 Å². The van der Waals surface area contributed by atoms with Gasteiger partial charge in [-0.05, 0) is 43.4 Å². The maximum absolute atomic E-state index is 13.5. The van der Waals surface area contributed by atoms with Gasteiger partial charge < -0.3 is 10.2 Å². The summed E-state index contributed by atoms with van der Waals surface area (Å²) in [7, 11) is -3.74. The van der Waals surface area contributed by atoms with E-state index in [0.717, 1.165) is 21.7 Å². The number of carbonyl (C=O) groups excluding carboxylic acids is 2. The zero-order valence-electron chi connectivity index (χ0n) is 20.1. The predicted octanol–water partition coefficient (Wildman–Crippen LogP) is 3.17. The predicted molar refractivity (Wildman–Crippen MR) is 133 cm³/mol. The molecule has 0 radical (unpaired) electrons. The number of hydrogen-bond acceptors (Lipinski definition) is 4. The van der Waals surface area contributed by atoms with Crippen LogP contribution in [0.1, 0.15) is 44.7 Å². The molecule has 2 aromatic rings. The molecule has 7 nitrogen and oxygen atoms in total. The van der Waals surface area contributed by atoms with Crippen molar-refractivity contribution in [1.29, 1.82) is 0 Å². The Bertz CT molecular complexity index is 1040. The van der Waals surface area contributed by atoms with Crippen LogP contribution in [0.5, 0.6) is 0 Å². The highest BCUT2D eigenvalue weighted by molar-refractivity contribution is 7.92. The van der Waals surface area contributed by atoms with Crippen LogP contribution in [-0.2, 0) is 26.0 Å². The zero-order chi connectivity index (χ0) is 24.6. The summed E-state index contributed by atoms with van der Waals surface area (Å²) >= 11 is 0. The molecule has 2 rings (SSSR count). The third-order valence-corrected chi connectivity index (χ3v) is 6.64. The van der Waals surface area contributed by atoms with Crippen molar-refractivity contribution < 1.29 is 18.0 Å². The van der Waals surface area contributed by atoms with Crippen LogP contribution < -0.4 is 9.62 Å². The number of carbonyl (C=O) groups is 2. The first kappa shape index (κ1) is 26.4. The minimum Gasteiger partial charge on any atom is -0.355 e. The quantitative estimate of drug-likeness (QED) is 0.543. The molecule has 0 fully saturated rings. The first-order valence-corrected chi connectivity index (χ1v) is 13.1. The van der Waals surface area contributed by atoms with E-state index in [9.17, 15) is 18.0 Å². The minimum absolute atomic E-state index is 0.0731. The van der Waals surface area contributed by atoms with Crippen LogP contribution in [0.25, 0.3) is 0 Å². The molecule has 0 saturated heterocycles. The Hall–Kier alpha value is -2.87. The van der Waals surface area contributed by atoms with Crippen molar-refractivity contribution in [2.75, 3.05) is 30.2 Å². The topological polar surface area (TPSA) is 86.8 Å². The average Bonchev–Trinajstić information content (AvgIpc) is 2.77. The van der Waals surface area contributed by atoms with Crippen LogP contribution in [0.4, 0.5) is 5.69 Å². The van der Waals surface area contributed by atoms with Crippen molar-refractivity contribution in [3.05, 3.63) is 65.7 Å². The van der Waals surface area contributed by atoms with Crippen LogP contribution in [-0.4, -0.2) is 57.1 Å². The second-order valence-corrected chi connectivity index (χ2v) is 10.3. The molecule has 1 N–H and O–H groups in total. The van der Waals surface area contributed by atoms with Crippen LogP contribution in [0.15, 0.2) is 54.6 Å². The van der Waals surface area contributed by atoms with E-state index in [2.05, 4.69) is 5.32 Å². The SMILES string of the molecule is CCNC(=O)[C@@H](C)N(CCc1ccccc1)C(=O)CN(c1ccccc1C(C)C)S(C)(=O)=O. The maximum Gasteiger partial charge on any atom is 0.244 e. The Kier molecular flexibility index (Phi) is 9.46. The van der Waals surface area contributed by atoms with E-state index in [0.29, 0.717) is 25.2 Å². The fourth-order valence-corrected chi connectivity index (χ4v) is 4.56. The Morgan fingerprint density at radius 2 is 1.58 bits per heavy atom. The molecule has 0 aromatic heterocycles. The van der Waals surface area contributed by atoms with Crippen molar-refractivity contribution in [3.8, 4) is 0 Å². The second-order valence-electron chi connectivity index (χ2n) is 8.38. The first-order valence-electron chi connectivity index (χ1n) is 11.2. The van der Waals surface area contributed by atoms with Crippen molar-refractivity contribution in [1.82, 2.24) is 10.2 Å². The summed E-state index contributed by atoms with van der Waals surface area (Å²) in [6.45, 7) is 7.80. The molecule has 2 aromatic carbocycles. The molecule has 8 heteroatoms. The molecule has 2 amide bonds. The van der Waals surface area contributed by atoms with Gasteiger partial charge in [-0.25, -0.2) is 8.42 Å². The molecule has 0 aliphatic carbocycles. The maximum atomic E-state index is 13.5. The highest BCUT2D eigenvalue weighted by Gasteiger charge is 2.30. The van der Waals surface area contributed by atoms with E-state index in [4.69, 9.17) is 0 Å². The Labute approximate surface area is 197 Å². The second kappa shape index (κ2) is 11.8. The van der Waals surface area contributed by atoms with Gasteiger partial charge in [0.15, 0.2) is 0 Å². The van der Waals surface area contributed by atoms with Gasteiger partial charge in [0.05, 0.1) is 11.9 Å². The zero-order valence-corrected chi connectivity index (χ0v) is 20.9. The molecule has 0 saturated carbocycles. The monoisotopic (exact) mass is 473 g/mol. The number of anilines is 1. The number of para-hydroxylation sites is 1. The van der Waals surface area contributed by atoms with Crippen LogP contribution in [0.2, 0.25) is 0 Å². The molecular weight excluding hydrogens is 438 g/mol. The molecule has 0 unspecified atom stereocenters. The lowest BCUT2D eigenvalue weighted by atomic mass is 10.0. The molecule has 180 valence electrons. The summed E-state index contributed by atoms with van der Waals surface area (Å²) in [6, 6.07) is 16.1. The highest BCUT2D eigenvalue weighted by Crippen LogP contribution is 2.29. The number of sulfonamides is 1. The van der Waals surface area contributed by atoms with Gasteiger partial charge in [-0.2, -0.15) is 0 Å². The Morgan fingerprint density at radius 1 is 0.970 bits per heavy atom. The number of nitrogens with zero attached hydrogens (tertiary/aromatic N) is 2. The van der Waals surface area contributed by atoms with Crippen molar-refractivity contribution in [2.24, 2.45) is 0 Å². The molecule has 33 heavy (non-hydrogen) atoms. The van der Waals surface area contributed by atoms with Crippen LogP contribution in [0, 0.1) is 0 Å². The molecule has 0 heterocycles. The van der Waals surface area contributed by atoms with Crippen molar-refractivity contribution in [2.45, 2.75) is 46.1 Å².